The standard InChI is InChI=1S/C15H18F2N2S/c1-8(13-7-12(16)5-6-14(13)17)18-9(2)15-10(3)20-11(4)19-15/h5-9,18H,1-4H3. The van der Waals surface area contributed by atoms with Crippen molar-refractivity contribution in [3.63, 3.8) is 0 Å². The lowest BCUT2D eigenvalue weighted by molar-refractivity contribution is 0.463. The van der Waals surface area contributed by atoms with E-state index in [1.165, 1.54) is 6.07 Å². The molecule has 2 rings (SSSR count). The molecule has 0 saturated carbocycles. The van der Waals surface area contributed by atoms with Crippen LogP contribution in [0.3, 0.4) is 0 Å². The van der Waals surface area contributed by atoms with Gasteiger partial charge < -0.3 is 5.32 Å². The van der Waals surface area contributed by atoms with Crippen molar-refractivity contribution in [1.82, 2.24) is 10.3 Å². The van der Waals surface area contributed by atoms with Gasteiger partial charge in [-0.1, -0.05) is 0 Å². The van der Waals surface area contributed by atoms with Gasteiger partial charge in [0.2, 0.25) is 0 Å². The minimum absolute atomic E-state index is 0.0161. The second-order valence-electron chi connectivity index (χ2n) is 4.95. The lowest BCUT2D eigenvalue weighted by Crippen LogP contribution is -2.24. The molecule has 0 fully saturated rings. The van der Waals surface area contributed by atoms with Crippen molar-refractivity contribution < 1.29 is 8.78 Å². The van der Waals surface area contributed by atoms with Crippen molar-refractivity contribution >= 4 is 11.3 Å². The highest BCUT2D eigenvalue weighted by Crippen LogP contribution is 2.26. The van der Waals surface area contributed by atoms with Crippen LogP contribution in [0.15, 0.2) is 18.2 Å². The fourth-order valence-electron chi connectivity index (χ4n) is 2.34. The third kappa shape index (κ3) is 3.22. The Kier molecular flexibility index (Phi) is 4.50. The summed E-state index contributed by atoms with van der Waals surface area (Å²) < 4.78 is 27.0. The number of hydrogen-bond donors (Lipinski definition) is 1. The fraction of sp³-hybridized carbons (Fsp3) is 0.400. The summed E-state index contributed by atoms with van der Waals surface area (Å²) in [5.74, 6) is -0.826. The van der Waals surface area contributed by atoms with E-state index in [1.54, 1.807) is 11.3 Å². The summed E-state index contributed by atoms with van der Waals surface area (Å²) in [7, 11) is 0. The number of hydrogen-bond acceptors (Lipinski definition) is 3. The molecule has 0 saturated heterocycles. The number of nitrogens with one attached hydrogen (secondary N) is 1. The van der Waals surface area contributed by atoms with Gasteiger partial charge in [-0.15, -0.1) is 11.3 Å². The largest absolute Gasteiger partial charge is 0.302 e. The normalized spacial score (nSPS) is 14.3. The number of thiazole rings is 1. The van der Waals surface area contributed by atoms with Crippen molar-refractivity contribution in [1.29, 1.82) is 0 Å². The van der Waals surface area contributed by atoms with Crippen LogP contribution in [0.4, 0.5) is 8.78 Å². The van der Waals surface area contributed by atoms with Crippen molar-refractivity contribution in [2.75, 3.05) is 0 Å². The summed E-state index contributed by atoms with van der Waals surface area (Å²) in [4.78, 5) is 5.63. The summed E-state index contributed by atoms with van der Waals surface area (Å²) in [5.41, 5.74) is 1.30. The van der Waals surface area contributed by atoms with Crippen LogP contribution in [0.1, 0.15) is 47.1 Å². The Balaban J connectivity index is 2.17. The van der Waals surface area contributed by atoms with Crippen molar-refractivity contribution in [3.05, 3.63) is 51.0 Å². The lowest BCUT2D eigenvalue weighted by atomic mass is 10.1. The number of benzene rings is 1. The van der Waals surface area contributed by atoms with Crippen molar-refractivity contribution in [3.8, 4) is 0 Å². The van der Waals surface area contributed by atoms with Crippen LogP contribution in [0.25, 0.3) is 0 Å². The fourth-order valence-corrected chi connectivity index (χ4v) is 3.25. The van der Waals surface area contributed by atoms with Gasteiger partial charge in [-0.3, -0.25) is 0 Å². The minimum Gasteiger partial charge on any atom is -0.302 e. The molecule has 5 heteroatoms. The molecule has 0 amide bonds. The number of aryl methyl sites for hydroxylation is 2. The molecule has 2 atom stereocenters. The Labute approximate surface area is 121 Å². The number of aromatic nitrogens is 1. The van der Waals surface area contributed by atoms with Crippen molar-refractivity contribution in [2.45, 2.75) is 39.8 Å². The Morgan fingerprint density at radius 2 is 1.85 bits per heavy atom. The smallest absolute Gasteiger partial charge is 0.128 e. The molecule has 0 aliphatic carbocycles. The molecule has 1 N–H and O–H groups in total. The first-order valence-electron chi connectivity index (χ1n) is 6.53. The van der Waals surface area contributed by atoms with Gasteiger partial charge in [0.15, 0.2) is 0 Å². The molecule has 2 aromatic rings. The second-order valence-corrected chi connectivity index (χ2v) is 6.36. The predicted molar refractivity (Wildman–Crippen MR) is 77.9 cm³/mol. The van der Waals surface area contributed by atoms with Gasteiger partial charge in [-0.05, 0) is 45.9 Å². The Hall–Kier alpha value is -1.33. The summed E-state index contributed by atoms with van der Waals surface area (Å²) in [5, 5.41) is 4.28. The van der Waals surface area contributed by atoms with E-state index in [0.29, 0.717) is 5.56 Å². The van der Waals surface area contributed by atoms with E-state index in [-0.39, 0.29) is 12.1 Å². The molecule has 1 aromatic heterocycles. The van der Waals surface area contributed by atoms with Gasteiger partial charge in [0, 0.05) is 22.5 Å². The van der Waals surface area contributed by atoms with Crippen LogP contribution in [0, 0.1) is 25.5 Å². The molecule has 2 nitrogen and oxygen atoms in total. The van der Waals surface area contributed by atoms with Gasteiger partial charge in [-0.2, -0.15) is 0 Å². The lowest BCUT2D eigenvalue weighted by Gasteiger charge is -2.20. The summed E-state index contributed by atoms with van der Waals surface area (Å²) in [6, 6.07) is 3.22. The van der Waals surface area contributed by atoms with Crippen LogP contribution >= 0.6 is 11.3 Å². The molecule has 2 unspecified atom stereocenters. The SMILES string of the molecule is Cc1nc(C(C)NC(C)c2cc(F)ccc2F)c(C)s1. The molecule has 0 bridgehead atoms. The molecular weight excluding hydrogens is 278 g/mol. The van der Waals surface area contributed by atoms with Crippen LogP contribution in [0.5, 0.6) is 0 Å². The zero-order valence-corrected chi connectivity index (χ0v) is 12.8. The molecular formula is C15H18F2N2S. The second kappa shape index (κ2) is 5.97. The first kappa shape index (κ1) is 15.1. The highest BCUT2D eigenvalue weighted by atomic mass is 32.1. The maximum absolute atomic E-state index is 13.7. The topological polar surface area (TPSA) is 24.9 Å². The van der Waals surface area contributed by atoms with Crippen LogP contribution in [0.2, 0.25) is 0 Å². The third-order valence-corrected chi connectivity index (χ3v) is 4.18. The summed E-state index contributed by atoms with van der Waals surface area (Å²) in [6.07, 6.45) is 0. The Bertz CT molecular complexity index is 610. The minimum atomic E-state index is -0.427. The van der Waals surface area contributed by atoms with Crippen LogP contribution in [-0.4, -0.2) is 4.98 Å². The van der Waals surface area contributed by atoms with E-state index >= 15 is 0 Å². The van der Waals surface area contributed by atoms with E-state index in [0.717, 1.165) is 27.7 Å². The molecule has 20 heavy (non-hydrogen) atoms. The monoisotopic (exact) mass is 296 g/mol. The van der Waals surface area contributed by atoms with E-state index < -0.39 is 11.6 Å². The molecule has 0 radical (unpaired) electrons. The van der Waals surface area contributed by atoms with Gasteiger partial charge in [-0.25, -0.2) is 13.8 Å². The molecule has 1 heterocycles. The quantitative estimate of drug-likeness (QED) is 0.901. The molecule has 0 aliphatic heterocycles. The first-order valence-corrected chi connectivity index (χ1v) is 7.35. The highest BCUT2D eigenvalue weighted by Gasteiger charge is 2.18. The Morgan fingerprint density at radius 1 is 1.15 bits per heavy atom. The van der Waals surface area contributed by atoms with Crippen LogP contribution < -0.4 is 5.32 Å². The number of nitrogens with zero attached hydrogens (tertiary/aromatic N) is 1. The summed E-state index contributed by atoms with van der Waals surface area (Å²) >= 11 is 1.64. The number of rotatable bonds is 4. The average Bonchev–Trinajstić information content (AvgIpc) is 2.71. The van der Waals surface area contributed by atoms with E-state index in [1.807, 2.05) is 27.7 Å². The molecule has 108 valence electrons. The van der Waals surface area contributed by atoms with Gasteiger partial charge in [0.1, 0.15) is 11.6 Å². The van der Waals surface area contributed by atoms with Crippen LogP contribution in [-0.2, 0) is 0 Å². The predicted octanol–water partition coefficient (Wildman–Crippen LogP) is 4.45. The zero-order valence-electron chi connectivity index (χ0n) is 12.0. The van der Waals surface area contributed by atoms with E-state index in [9.17, 15) is 8.78 Å². The van der Waals surface area contributed by atoms with E-state index in [4.69, 9.17) is 0 Å². The highest BCUT2D eigenvalue weighted by molar-refractivity contribution is 7.11. The summed E-state index contributed by atoms with van der Waals surface area (Å²) in [6.45, 7) is 7.78. The van der Waals surface area contributed by atoms with Gasteiger partial charge in [0.25, 0.3) is 0 Å². The molecule has 0 spiro atoms. The average molecular weight is 296 g/mol. The Morgan fingerprint density at radius 3 is 2.45 bits per heavy atom. The molecule has 0 aliphatic rings. The first-order chi connectivity index (χ1) is 9.38. The van der Waals surface area contributed by atoms with Gasteiger partial charge >= 0.3 is 0 Å². The van der Waals surface area contributed by atoms with E-state index in [2.05, 4.69) is 10.3 Å². The number of halogens is 2. The molecule has 1 aromatic carbocycles. The maximum atomic E-state index is 13.7. The zero-order chi connectivity index (χ0) is 14.9. The maximum Gasteiger partial charge on any atom is 0.128 e. The third-order valence-electron chi connectivity index (χ3n) is 3.27. The van der Waals surface area contributed by atoms with Gasteiger partial charge in [0.05, 0.1) is 10.7 Å². The van der Waals surface area contributed by atoms with Crippen molar-refractivity contribution in [2.24, 2.45) is 0 Å².